The number of rotatable bonds is 5. The fourth-order valence-corrected chi connectivity index (χ4v) is 1.92. The molecule has 0 aliphatic heterocycles. The Kier molecular flexibility index (Phi) is 6.34. The number of hydrogen-bond acceptors (Lipinski definition) is 2. The first-order chi connectivity index (χ1) is 6.99. The molecule has 1 aliphatic rings. The van der Waals surface area contributed by atoms with Crippen molar-refractivity contribution in [2.75, 3.05) is 0 Å². The summed E-state index contributed by atoms with van der Waals surface area (Å²) in [6.45, 7) is 8.30. The lowest BCUT2D eigenvalue weighted by Gasteiger charge is -2.34. The zero-order valence-corrected chi connectivity index (χ0v) is 11.6. The van der Waals surface area contributed by atoms with Gasteiger partial charge in [-0.15, -0.1) is 12.4 Å². The van der Waals surface area contributed by atoms with Crippen LogP contribution in [0.4, 0.5) is 0 Å². The summed E-state index contributed by atoms with van der Waals surface area (Å²) in [6.07, 6.45) is 3.41. The highest BCUT2D eigenvalue weighted by Gasteiger charge is 2.37. The summed E-state index contributed by atoms with van der Waals surface area (Å²) in [5.74, 6) is 0.665. The maximum absolute atomic E-state index is 12.0. The maximum Gasteiger partial charge on any atom is 0.239 e. The van der Waals surface area contributed by atoms with Gasteiger partial charge < -0.3 is 10.6 Å². The second-order valence-electron chi connectivity index (χ2n) is 4.89. The normalized spacial score (nSPS) is 20.6. The van der Waals surface area contributed by atoms with Crippen LogP contribution in [0.25, 0.3) is 0 Å². The molecule has 1 aliphatic carbocycles. The molecule has 1 amide bonds. The van der Waals surface area contributed by atoms with Crippen LogP contribution in [0.1, 0.15) is 47.0 Å². The monoisotopic (exact) mass is 248 g/mol. The summed E-state index contributed by atoms with van der Waals surface area (Å²) in [4.78, 5) is 14.0. The minimum absolute atomic E-state index is 0. The van der Waals surface area contributed by atoms with Crippen molar-refractivity contribution in [2.45, 2.75) is 65.1 Å². The Morgan fingerprint density at radius 3 is 2.19 bits per heavy atom. The van der Waals surface area contributed by atoms with Gasteiger partial charge in [-0.1, -0.05) is 20.3 Å². The minimum atomic E-state index is -0.364. The zero-order chi connectivity index (χ0) is 11.6. The number of hydrogen-bond donors (Lipinski definition) is 1. The van der Waals surface area contributed by atoms with E-state index in [2.05, 4.69) is 20.8 Å². The van der Waals surface area contributed by atoms with Gasteiger partial charge in [0.25, 0.3) is 0 Å². The largest absolute Gasteiger partial charge is 0.335 e. The SMILES string of the molecule is CCC(C)C(C)N(C(=O)[C@H](C)N)C1CC1.Cl. The Bertz CT molecular complexity index is 229. The van der Waals surface area contributed by atoms with Crippen molar-refractivity contribution in [2.24, 2.45) is 11.7 Å². The Hall–Kier alpha value is -0.280. The van der Waals surface area contributed by atoms with Gasteiger partial charge in [-0.05, 0) is 32.6 Å². The van der Waals surface area contributed by atoms with E-state index in [1.54, 1.807) is 6.92 Å². The lowest BCUT2D eigenvalue weighted by atomic mass is 9.98. The van der Waals surface area contributed by atoms with Crippen molar-refractivity contribution < 1.29 is 4.79 Å². The highest BCUT2D eigenvalue weighted by molar-refractivity contribution is 5.85. The van der Waals surface area contributed by atoms with Crippen molar-refractivity contribution in [3.05, 3.63) is 0 Å². The quantitative estimate of drug-likeness (QED) is 0.811. The number of nitrogens with two attached hydrogens (primary N) is 1. The van der Waals surface area contributed by atoms with Crippen LogP contribution in [0.3, 0.4) is 0 Å². The van der Waals surface area contributed by atoms with Crippen LogP contribution < -0.4 is 5.73 Å². The van der Waals surface area contributed by atoms with E-state index in [1.807, 2.05) is 4.90 Å². The predicted molar refractivity (Wildman–Crippen MR) is 69.7 cm³/mol. The molecular formula is C12H25ClN2O. The van der Waals surface area contributed by atoms with E-state index >= 15 is 0 Å². The number of halogens is 1. The Labute approximate surface area is 105 Å². The third kappa shape index (κ3) is 3.63. The molecule has 1 saturated carbocycles. The van der Waals surface area contributed by atoms with Crippen molar-refractivity contribution >= 4 is 18.3 Å². The van der Waals surface area contributed by atoms with E-state index in [-0.39, 0.29) is 24.4 Å². The first kappa shape index (κ1) is 15.7. The molecule has 0 aromatic rings. The first-order valence-electron chi connectivity index (χ1n) is 6.06. The number of amides is 1. The van der Waals surface area contributed by atoms with Crippen LogP contribution in [0.2, 0.25) is 0 Å². The van der Waals surface area contributed by atoms with Gasteiger partial charge in [0.05, 0.1) is 6.04 Å². The highest BCUT2D eigenvalue weighted by atomic mass is 35.5. The second kappa shape index (κ2) is 6.45. The van der Waals surface area contributed by atoms with Crippen molar-refractivity contribution in [1.82, 2.24) is 4.90 Å². The van der Waals surface area contributed by atoms with Gasteiger partial charge in [-0.25, -0.2) is 0 Å². The fraction of sp³-hybridized carbons (Fsp3) is 0.917. The smallest absolute Gasteiger partial charge is 0.239 e. The van der Waals surface area contributed by atoms with Gasteiger partial charge in [-0.2, -0.15) is 0 Å². The molecule has 0 saturated heterocycles. The molecule has 1 rings (SSSR count). The maximum atomic E-state index is 12.0. The summed E-state index contributed by atoms with van der Waals surface area (Å²) >= 11 is 0. The molecule has 0 aromatic carbocycles. The van der Waals surface area contributed by atoms with Crippen molar-refractivity contribution in [3.63, 3.8) is 0 Å². The molecule has 0 heterocycles. The average molecular weight is 249 g/mol. The third-order valence-corrected chi connectivity index (χ3v) is 3.49. The lowest BCUT2D eigenvalue weighted by molar-refractivity contribution is -0.136. The van der Waals surface area contributed by atoms with E-state index in [0.29, 0.717) is 18.0 Å². The fourth-order valence-electron chi connectivity index (χ4n) is 1.92. The molecule has 0 spiro atoms. The number of carbonyl (C=O) groups excluding carboxylic acids is 1. The molecule has 3 atom stereocenters. The molecule has 0 radical (unpaired) electrons. The topological polar surface area (TPSA) is 46.3 Å². The van der Waals surface area contributed by atoms with Gasteiger partial charge in [0.1, 0.15) is 0 Å². The van der Waals surface area contributed by atoms with E-state index in [1.165, 1.54) is 0 Å². The molecular weight excluding hydrogens is 224 g/mol. The Balaban J connectivity index is 0.00000225. The average Bonchev–Trinajstić information content (AvgIpc) is 3.00. The first-order valence-corrected chi connectivity index (χ1v) is 6.06. The molecule has 16 heavy (non-hydrogen) atoms. The minimum Gasteiger partial charge on any atom is -0.335 e. The lowest BCUT2D eigenvalue weighted by Crippen LogP contribution is -2.49. The Morgan fingerprint density at radius 1 is 1.38 bits per heavy atom. The van der Waals surface area contributed by atoms with Crippen LogP contribution in [-0.4, -0.2) is 28.9 Å². The van der Waals surface area contributed by atoms with E-state index < -0.39 is 0 Å². The molecule has 4 heteroatoms. The third-order valence-electron chi connectivity index (χ3n) is 3.49. The summed E-state index contributed by atoms with van der Waals surface area (Å²) in [7, 11) is 0. The van der Waals surface area contributed by atoms with Gasteiger partial charge >= 0.3 is 0 Å². The summed E-state index contributed by atoms with van der Waals surface area (Å²) < 4.78 is 0. The molecule has 2 N–H and O–H groups in total. The molecule has 96 valence electrons. The van der Waals surface area contributed by atoms with Gasteiger partial charge in [-0.3, -0.25) is 4.79 Å². The summed E-state index contributed by atoms with van der Waals surface area (Å²) in [6, 6.07) is 0.422. The zero-order valence-electron chi connectivity index (χ0n) is 10.8. The molecule has 0 bridgehead atoms. The summed E-state index contributed by atoms with van der Waals surface area (Å²) in [5, 5.41) is 0. The number of carbonyl (C=O) groups is 1. The summed E-state index contributed by atoms with van der Waals surface area (Å²) in [5.41, 5.74) is 5.69. The van der Waals surface area contributed by atoms with E-state index in [0.717, 1.165) is 19.3 Å². The van der Waals surface area contributed by atoms with Crippen molar-refractivity contribution in [1.29, 1.82) is 0 Å². The van der Waals surface area contributed by atoms with Crippen LogP contribution in [0.15, 0.2) is 0 Å². The molecule has 2 unspecified atom stereocenters. The molecule has 1 fully saturated rings. The highest BCUT2D eigenvalue weighted by Crippen LogP contribution is 2.31. The van der Waals surface area contributed by atoms with Crippen LogP contribution in [-0.2, 0) is 4.79 Å². The van der Waals surface area contributed by atoms with Crippen LogP contribution >= 0.6 is 12.4 Å². The van der Waals surface area contributed by atoms with Gasteiger partial charge in [0, 0.05) is 12.1 Å². The molecule has 3 nitrogen and oxygen atoms in total. The van der Waals surface area contributed by atoms with E-state index in [9.17, 15) is 4.79 Å². The standard InChI is InChI=1S/C12H24N2O.ClH/c1-5-8(2)10(4)14(11-6-7-11)12(15)9(3)13;/h8-11H,5-7,13H2,1-4H3;1H/t8?,9-,10?;/m0./s1. The van der Waals surface area contributed by atoms with Gasteiger partial charge in [0.15, 0.2) is 0 Å². The van der Waals surface area contributed by atoms with Gasteiger partial charge in [0.2, 0.25) is 5.91 Å². The molecule has 0 aromatic heterocycles. The van der Waals surface area contributed by atoms with Crippen LogP contribution in [0.5, 0.6) is 0 Å². The van der Waals surface area contributed by atoms with Crippen molar-refractivity contribution in [3.8, 4) is 0 Å². The van der Waals surface area contributed by atoms with E-state index in [4.69, 9.17) is 5.73 Å². The number of nitrogens with zero attached hydrogens (tertiary/aromatic N) is 1. The Morgan fingerprint density at radius 2 is 1.88 bits per heavy atom. The predicted octanol–water partition coefficient (Wildman–Crippen LogP) is 2.18. The second-order valence-corrected chi connectivity index (χ2v) is 4.89. The van der Waals surface area contributed by atoms with Crippen LogP contribution in [0, 0.1) is 5.92 Å².